The molecule has 26 heavy (non-hydrogen) atoms. The minimum absolute atomic E-state index is 0.0833. The molecule has 1 amide bonds. The number of piperidine rings is 1. The van der Waals surface area contributed by atoms with Gasteiger partial charge in [-0.05, 0) is 36.6 Å². The molecule has 1 atom stereocenters. The Kier molecular flexibility index (Phi) is 4.61. The van der Waals surface area contributed by atoms with Crippen molar-refractivity contribution in [3.63, 3.8) is 0 Å². The van der Waals surface area contributed by atoms with E-state index in [1.807, 2.05) is 30.3 Å². The summed E-state index contributed by atoms with van der Waals surface area (Å²) in [6, 6.07) is 15.0. The molecule has 0 aromatic heterocycles. The van der Waals surface area contributed by atoms with Crippen molar-refractivity contribution in [1.29, 1.82) is 0 Å². The van der Waals surface area contributed by atoms with Crippen LogP contribution in [0.1, 0.15) is 28.8 Å². The van der Waals surface area contributed by atoms with Gasteiger partial charge in [0.05, 0.1) is 0 Å². The Morgan fingerprint density at radius 3 is 2.62 bits per heavy atom. The standard InChI is InChI=1S/C21H21NO4/c23-20(16-8-9-18-19(13-16)26-12-11-25-18)17-7-4-10-22(21(17)24)14-15-5-2-1-3-6-15/h1-3,5-6,8-9,13,17H,4,7,10-12,14H2. The number of likely N-dealkylation sites (tertiary alicyclic amines) is 1. The number of hydrogen-bond acceptors (Lipinski definition) is 4. The first-order chi connectivity index (χ1) is 12.7. The van der Waals surface area contributed by atoms with Gasteiger partial charge in [0.1, 0.15) is 19.1 Å². The summed E-state index contributed by atoms with van der Waals surface area (Å²) in [5.74, 6) is 0.389. The van der Waals surface area contributed by atoms with Gasteiger partial charge in [-0.25, -0.2) is 0 Å². The SMILES string of the molecule is O=C(c1ccc2c(c1)OCCO2)C1CCCN(Cc2ccccc2)C1=O. The van der Waals surface area contributed by atoms with Crippen LogP contribution in [0.15, 0.2) is 48.5 Å². The van der Waals surface area contributed by atoms with Crippen molar-refractivity contribution in [2.75, 3.05) is 19.8 Å². The molecule has 1 saturated heterocycles. The number of carbonyl (C=O) groups excluding carboxylic acids is 2. The minimum Gasteiger partial charge on any atom is -0.486 e. The van der Waals surface area contributed by atoms with E-state index in [2.05, 4.69) is 0 Å². The number of ketones is 1. The summed E-state index contributed by atoms with van der Waals surface area (Å²) in [7, 11) is 0. The lowest BCUT2D eigenvalue weighted by Gasteiger charge is -2.32. The number of nitrogens with zero attached hydrogens (tertiary/aromatic N) is 1. The second-order valence-corrected chi connectivity index (χ2v) is 6.66. The Morgan fingerprint density at radius 2 is 1.81 bits per heavy atom. The molecular formula is C21H21NO4. The Morgan fingerprint density at radius 1 is 1.04 bits per heavy atom. The molecule has 0 saturated carbocycles. The van der Waals surface area contributed by atoms with Crippen LogP contribution in [0.25, 0.3) is 0 Å². The highest BCUT2D eigenvalue weighted by atomic mass is 16.6. The molecule has 2 aliphatic rings. The Bertz CT molecular complexity index is 818. The number of Topliss-reactive ketones (excluding diaryl/α,β-unsaturated/α-hetero) is 1. The summed E-state index contributed by atoms with van der Waals surface area (Å²) in [6.45, 7) is 2.22. The maximum Gasteiger partial charge on any atom is 0.233 e. The first kappa shape index (κ1) is 16.6. The molecule has 4 rings (SSSR count). The molecule has 5 nitrogen and oxygen atoms in total. The third-order valence-electron chi connectivity index (χ3n) is 4.89. The van der Waals surface area contributed by atoms with Gasteiger partial charge in [-0.15, -0.1) is 0 Å². The molecule has 0 radical (unpaired) electrons. The van der Waals surface area contributed by atoms with Gasteiger partial charge < -0.3 is 14.4 Å². The third kappa shape index (κ3) is 3.29. The molecule has 0 spiro atoms. The van der Waals surface area contributed by atoms with Gasteiger partial charge >= 0.3 is 0 Å². The second-order valence-electron chi connectivity index (χ2n) is 6.66. The Labute approximate surface area is 152 Å². The number of benzene rings is 2. The summed E-state index contributed by atoms with van der Waals surface area (Å²) in [5.41, 5.74) is 1.59. The highest BCUT2D eigenvalue weighted by molar-refractivity contribution is 6.10. The van der Waals surface area contributed by atoms with Gasteiger partial charge in [-0.2, -0.15) is 0 Å². The van der Waals surface area contributed by atoms with Crippen LogP contribution in [0.3, 0.4) is 0 Å². The van der Waals surface area contributed by atoms with Crippen molar-refractivity contribution in [2.45, 2.75) is 19.4 Å². The summed E-state index contributed by atoms with van der Waals surface area (Å²) >= 11 is 0. The van der Waals surface area contributed by atoms with E-state index in [-0.39, 0.29) is 11.7 Å². The maximum absolute atomic E-state index is 13.0. The van der Waals surface area contributed by atoms with E-state index in [1.54, 1.807) is 23.1 Å². The molecule has 0 aliphatic carbocycles. The normalized spacial score (nSPS) is 19.3. The molecule has 1 unspecified atom stereocenters. The van der Waals surface area contributed by atoms with Crippen molar-refractivity contribution in [3.05, 3.63) is 59.7 Å². The van der Waals surface area contributed by atoms with Gasteiger partial charge in [-0.1, -0.05) is 30.3 Å². The minimum atomic E-state index is -0.616. The molecule has 0 N–H and O–H groups in total. The van der Waals surface area contributed by atoms with Crippen molar-refractivity contribution in [2.24, 2.45) is 5.92 Å². The average Bonchev–Trinajstić information content (AvgIpc) is 2.69. The molecule has 134 valence electrons. The van der Waals surface area contributed by atoms with Crippen LogP contribution < -0.4 is 9.47 Å². The summed E-state index contributed by atoms with van der Waals surface area (Å²) < 4.78 is 11.1. The zero-order valence-corrected chi connectivity index (χ0v) is 14.5. The molecule has 5 heteroatoms. The smallest absolute Gasteiger partial charge is 0.233 e. The molecule has 2 aromatic rings. The molecule has 2 heterocycles. The van der Waals surface area contributed by atoms with E-state index >= 15 is 0 Å². The molecule has 2 aliphatic heterocycles. The maximum atomic E-state index is 13.0. The van der Waals surface area contributed by atoms with Crippen LogP contribution in [0.5, 0.6) is 11.5 Å². The number of carbonyl (C=O) groups is 2. The second kappa shape index (κ2) is 7.20. The number of hydrogen-bond donors (Lipinski definition) is 0. The van der Waals surface area contributed by atoms with Crippen molar-refractivity contribution in [3.8, 4) is 11.5 Å². The third-order valence-corrected chi connectivity index (χ3v) is 4.89. The van der Waals surface area contributed by atoms with E-state index in [0.29, 0.717) is 49.8 Å². The fraction of sp³-hybridized carbons (Fsp3) is 0.333. The number of fused-ring (bicyclic) bond motifs is 1. The van der Waals surface area contributed by atoms with Crippen LogP contribution >= 0.6 is 0 Å². The fourth-order valence-corrected chi connectivity index (χ4v) is 3.54. The summed E-state index contributed by atoms with van der Waals surface area (Å²) in [4.78, 5) is 27.6. The Balaban J connectivity index is 1.51. The number of rotatable bonds is 4. The first-order valence-electron chi connectivity index (χ1n) is 8.99. The van der Waals surface area contributed by atoms with E-state index in [1.165, 1.54) is 0 Å². The van der Waals surface area contributed by atoms with Gasteiger partial charge in [-0.3, -0.25) is 9.59 Å². The summed E-state index contributed by atoms with van der Waals surface area (Å²) in [5, 5.41) is 0. The molecule has 0 bridgehead atoms. The van der Waals surface area contributed by atoms with Crippen molar-refractivity contribution >= 4 is 11.7 Å². The van der Waals surface area contributed by atoms with Gasteiger partial charge in [0.15, 0.2) is 17.3 Å². The van der Waals surface area contributed by atoms with Crippen LogP contribution in [0, 0.1) is 5.92 Å². The average molecular weight is 351 g/mol. The fourth-order valence-electron chi connectivity index (χ4n) is 3.54. The zero-order valence-electron chi connectivity index (χ0n) is 14.5. The van der Waals surface area contributed by atoms with Crippen LogP contribution in [-0.2, 0) is 11.3 Å². The van der Waals surface area contributed by atoms with E-state index < -0.39 is 5.92 Å². The largest absolute Gasteiger partial charge is 0.486 e. The van der Waals surface area contributed by atoms with Crippen LogP contribution in [-0.4, -0.2) is 36.3 Å². The molecule has 2 aromatic carbocycles. The summed E-state index contributed by atoms with van der Waals surface area (Å²) in [6.07, 6.45) is 1.43. The van der Waals surface area contributed by atoms with E-state index in [0.717, 1.165) is 12.0 Å². The predicted octanol–water partition coefficient (Wildman–Crippen LogP) is 3.08. The van der Waals surface area contributed by atoms with Gasteiger partial charge in [0.25, 0.3) is 0 Å². The van der Waals surface area contributed by atoms with E-state index in [9.17, 15) is 9.59 Å². The first-order valence-corrected chi connectivity index (χ1v) is 8.99. The predicted molar refractivity (Wildman–Crippen MR) is 96.3 cm³/mol. The monoisotopic (exact) mass is 351 g/mol. The lowest BCUT2D eigenvalue weighted by atomic mass is 9.88. The highest BCUT2D eigenvalue weighted by Gasteiger charge is 2.34. The topological polar surface area (TPSA) is 55.8 Å². The van der Waals surface area contributed by atoms with Gasteiger partial charge in [0, 0.05) is 18.7 Å². The van der Waals surface area contributed by atoms with Gasteiger partial charge in [0.2, 0.25) is 5.91 Å². The molecule has 1 fully saturated rings. The lowest BCUT2D eigenvalue weighted by molar-refractivity contribution is -0.137. The van der Waals surface area contributed by atoms with Crippen LogP contribution in [0.2, 0.25) is 0 Å². The molecular weight excluding hydrogens is 330 g/mol. The zero-order chi connectivity index (χ0) is 17.9. The Hall–Kier alpha value is -2.82. The van der Waals surface area contributed by atoms with Crippen molar-refractivity contribution in [1.82, 2.24) is 4.90 Å². The number of amides is 1. The highest BCUT2D eigenvalue weighted by Crippen LogP contribution is 2.32. The van der Waals surface area contributed by atoms with Crippen LogP contribution in [0.4, 0.5) is 0 Å². The number of ether oxygens (including phenoxy) is 2. The quantitative estimate of drug-likeness (QED) is 0.627. The van der Waals surface area contributed by atoms with E-state index in [4.69, 9.17) is 9.47 Å². The van der Waals surface area contributed by atoms with Crippen molar-refractivity contribution < 1.29 is 19.1 Å². The lowest BCUT2D eigenvalue weighted by Crippen LogP contribution is -2.43.